The van der Waals surface area contributed by atoms with Crippen molar-refractivity contribution in [2.75, 3.05) is 11.4 Å². The average molecular weight is 234 g/mol. The van der Waals surface area contributed by atoms with Gasteiger partial charge in [-0.2, -0.15) is 0 Å². The van der Waals surface area contributed by atoms with Crippen LogP contribution in [0.2, 0.25) is 0 Å². The van der Waals surface area contributed by atoms with Crippen LogP contribution in [0.15, 0.2) is 18.3 Å². The first-order chi connectivity index (χ1) is 8.35. The summed E-state index contributed by atoms with van der Waals surface area (Å²) in [5.74, 6) is 1.04. The van der Waals surface area contributed by atoms with Gasteiger partial charge in [-0.15, -0.1) is 0 Å². The van der Waals surface area contributed by atoms with Crippen molar-refractivity contribution < 1.29 is 5.11 Å². The maximum absolute atomic E-state index is 9.18. The minimum Gasteiger partial charge on any atom is -0.392 e. The topological polar surface area (TPSA) is 36.4 Å². The van der Waals surface area contributed by atoms with Gasteiger partial charge in [-0.25, -0.2) is 4.98 Å². The van der Waals surface area contributed by atoms with Gasteiger partial charge >= 0.3 is 0 Å². The molecule has 2 heterocycles. The summed E-state index contributed by atoms with van der Waals surface area (Å²) >= 11 is 0. The largest absolute Gasteiger partial charge is 0.392 e. The Bertz CT molecular complexity index is 352. The van der Waals surface area contributed by atoms with Crippen molar-refractivity contribution >= 4 is 5.82 Å². The third kappa shape index (κ3) is 2.97. The Morgan fingerprint density at radius 1 is 1.47 bits per heavy atom. The molecule has 0 radical (unpaired) electrons. The van der Waals surface area contributed by atoms with Crippen LogP contribution in [-0.2, 0) is 6.61 Å². The second-order valence-corrected chi connectivity index (χ2v) is 4.81. The highest BCUT2D eigenvalue weighted by Crippen LogP contribution is 2.26. The molecule has 1 saturated heterocycles. The quantitative estimate of drug-likeness (QED) is 0.870. The standard InChI is InChI=1S/C14H22N2O/c1-2-5-13-6-3-4-9-16(13)14-10-12(11-17)7-8-15-14/h7-8,10,13,17H,2-6,9,11H2,1H3. The predicted octanol–water partition coefficient (Wildman–Crippen LogP) is 2.73. The second-order valence-electron chi connectivity index (χ2n) is 4.81. The summed E-state index contributed by atoms with van der Waals surface area (Å²) in [5, 5.41) is 9.18. The molecule has 2 rings (SSSR count). The summed E-state index contributed by atoms with van der Waals surface area (Å²) in [6.45, 7) is 3.44. The lowest BCUT2D eigenvalue weighted by atomic mass is 9.98. The minimum absolute atomic E-state index is 0.0990. The second kappa shape index (κ2) is 6.01. The van der Waals surface area contributed by atoms with Crippen molar-refractivity contribution in [3.05, 3.63) is 23.9 Å². The van der Waals surface area contributed by atoms with E-state index in [-0.39, 0.29) is 6.61 Å². The normalized spacial score (nSPS) is 20.6. The van der Waals surface area contributed by atoms with Gasteiger partial charge in [-0.05, 0) is 43.4 Å². The number of rotatable bonds is 4. The molecule has 0 aromatic carbocycles. The molecule has 0 spiro atoms. The zero-order valence-corrected chi connectivity index (χ0v) is 10.6. The van der Waals surface area contributed by atoms with Gasteiger partial charge in [0, 0.05) is 18.8 Å². The molecule has 0 amide bonds. The van der Waals surface area contributed by atoms with Crippen LogP contribution in [0.25, 0.3) is 0 Å². The number of anilines is 1. The van der Waals surface area contributed by atoms with Crippen LogP contribution in [0.1, 0.15) is 44.6 Å². The molecule has 1 unspecified atom stereocenters. The smallest absolute Gasteiger partial charge is 0.129 e. The highest BCUT2D eigenvalue weighted by atomic mass is 16.3. The van der Waals surface area contributed by atoms with E-state index in [1.54, 1.807) is 6.20 Å². The van der Waals surface area contributed by atoms with Crippen LogP contribution in [0.5, 0.6) is 0 Å². The molecular formula is C14H22N2O. The molecule has 1 aliphatic rings. The zero-order valence-electron chi connectivity index (χ0n) is 10.6. The minimum atomic E-state index is 0.0990. The molecule has 0 saturated carbocycles. The molecule has 1 fully saturated rings. The highest BCUT2D eigenvalue weighted by Gasteiger charge is 2.22. The summed E-state index contributed by atoms with van der Waals surface area (Å²) in [5.41, 5.74) is 0.954. The molecular weight excluding hydrogens is 212 g/mol. The van der Waals surface area contributed by atoms with Gasteiger partial charge in [-0.1, -0.05) is 13.3 Å². The maximum Gasteiger partial charge on any atom is 0.129 e. The molecule has 0 aliphatic carbocycles. The Balaban J connectivity index is 2.16. The molecule has 1 aromatic heterocycles. The number of nitrogens with zero attached hydrogens (tertiary/aromatic N) is 2. The third-order valence-corrected chi connectivity index (χ3v) is 3.54. The molecule has 94 valence electrons. The fourth-order valence-corrected chi connectivity index (χ4v) is 2.65. The van der Waals surface area contributed by atoms with Gasteiger partial charge in [0.25, 0.3) is 0 Å². The van der Waals surface area contributed by atoms with E-state index in [9.17, 15) is 5.11 Å². The first-order valence-electron chi connectivity index (χ1n) is 6.67. The summed E-state index contributed by atoms with van der Waals surface area (Å²) in [6, 6.07) is 4.53. The van der Waals surface area contributed by atoms with Gasteiger partial charge < -0.3 is 10.0 Å². The highest BCUT2D eigenvalue weighted by molar-refractivity contribution is 5.42. The SMILES string of the molecule is CCCC1CCCCN1c1cc(CO)ccn1. The summed E-state index contributed by atoms with van der Waals surface area (Å²) in [6.07, 6.45) is 8.13. The van der Waals surface area contributed by atoms with E-state index in [0.29, 0.717) is 6.04 Å². The van der Waals surface area contributed by atoms with Crippen LogP contribution in [0.3, 0.4) is 0 Å². The molecule has 1 atom stereocenters. The first-order valence-corrected chi connectivity index (χ1v) is 6.67. The first kappa shape index (κ1) is 12.4. The number of aromatic nitrogens is 1. The third-order valence-electron chi connectivity index (χ3n) is 3.54. The Morgan fingerprint density at radius 3 is 3.12 bits per heavy atom. The number of hydrogen-bond acceptors (Lipinski definition) is 3. The summed E-state index contributed by atoms with van der Waals surface area (Å²) in [4.78, 5) is 6.88. The Hall–Kier alpha value is -1.09. The lowest BCUT2D eigenvalue weighted by molar-refractivity contribution is 0.281. The van der Waals surface area contributed by atoms with E-state index in [1.807, 2.05) is 12.1 Å². The van der Waals surface area contributed by atoms with Crippen LogP contribution >= 0.6 is 0 Å². The van der Waals surface area contributed by atoms with Crippen molar-refractivity contribution in [1.29, 1.82) is 0 Å². The van der Waals surface area contributed by atoms with E-state index >= 15 is 0 Å². The van der Waals surface area contributed by atoms with E-state index in [4.69, 9.17) is 0 Å². The van der Waals surface area contributed by atoms with Crippen LogP contribution in [-0.4, -0.2) is 22.7 Å². The molecule has 0 bridgehead atoms. The van der Waals surface area contributed by atoms with Gasteiger partial charge in [0.2, 0.25) is 0 Å². The van der Waals surface area contributed by atoms with Crippen molar-refractivity contribution in [3.63, 3.8) is 0 Å². The number of piperidine rings is 1. The number of aliphatic hydroxyl groups excluding tert-OH is 1. The fraction of sp³-hybridized carbons (Fsp3) is 0.643. The van der Waals surface area contributed by atoms with Crippen molar-refractivity contribution in [2.45, 2.75) is 51.7 Å². The molecule has 3 heteroatoms. The Kier molecular flexibility index (Phi) is 4.37. The Labute approximate surface area is 103 Å². The number of hydrogen-bond donors (Lipinski definition) is 1. The van der Waals surface area contributed by atoms with Crippen LogP contribution in [0.4, 0.5) is 5.82 Å². The van der Waals surface area contributed by atoms with Crippen LogP contribution < -0.4 is 4.90 Å². The molecule has 3 nitrogen and oxygen atoms in total. The lowest BCUT2D eigenvalue weighted by Gasteiger charge is -2.36. The summed E-state index contributed by atoms with van der Waals surface area (Å²) in [7, 11) is 0. The van der Waals surface area contributed by atoms with Crippen LogP contribution in [0, 0.1) is 0 Å². The summed E-state index contributed by atoms with van der Waals surface area (Å²) < 4.78 is 0. The van der Waals surface area contributed by atoms with Gasteiger partial charge in [0.1, 0.15) is 5.82 Å². The zero-order chi connectivity index (χ0) is 12.1. The molecule has 1 N–H and O–H groups in total. The van der Waals surface area contributed by atoms with E-state index in [0.717, 1.165) is 17.9 Å². The van der Waals surface area contributed by atoms with Gasteiger partial charge in [0.15, 0.2) is 0 Å². The average Bonchev–Trinajstić information content (AvgIpc) is 2.40. The van der Waals surface area contributed by atoms with E-state index in [1.165, 1.54) is 32.1 Å². The van der Waals surface area contributed by atoms with Gasteiger partial charge in [0.05, 0.1) is 6.61 Å². The molecule has 1 aliphatic heterocycles. The van der Waals surface area contributed by atoms with E-state index in [2.05, 4.69) is 16.8 Å². The lowest BCUT2D eigenvalue weighted by Crippen LogP contribution is -2.40. The molecule has 1 aromatic rings. The van der Waals surface area contributed by atoms with Crippen molar-refractivity contribution in [2.24, 2.45) is 0 Å². The fourth-order valence-electron chi connectivity index (χ4n) is 2.65. The maximum atomic E-state index is 9.18. The number of pyridine rings is 1. The van der Waals surface area contributed by atoms with E-state index < -0.39 is 0 Å². The predicted molar refractivity (Wildman–Crippen MR) is 70.1 cm³/mol. The van der Waals surface area contributed by atoms with Crippen molar-refractivity contribution in [3.8, 4) is 0 Å². The van der Waals surface area contributed by atoms with Gasteiger partial charge in [-0.3, -0.25) is 0 Å². The molecule has 17 heavy (non-hydrogen) atoms. The number of aliphatic hydroxyl groups is 1. The van der Waals surface area contributed by atoms with Crippen molar-refractivity contribution in [1.82, 2.24) is 4.98 Å². The monoisotopic (exact) mass is 234 g/mol. The Morgan fingerprint density at radius 2 is 2.35 bits per heavy atom.